The Balaban J connectivity index is 2.10. The molecule has 5 nitrogen and oxygen atoms in total. The summed E-state index contributed by atoms with van der Waals surface area (Å²) in [5.41, 5.74) is 2.56. The van der Waals surface area contributed by atoms with Crippen LogP contribution in [0.15, 0.2) is 29.1 Å². The smallest absolute Gasteiger partial charge is 0.263 e. The molecule has 0 unspecified atom stereocenters. The molecule has 3 rings (SSSR count). The molecular formula is C22H27N3O2S. The van der Waals surface area contributed by atoms with E-state index in [0.29, 0.717) is 23.3 Å². The van der Waals surface area contributed by atoms with Gasteiger partial charge < -0.3 is 0 Å². The molecule has 0 radical (unpaired) electrons. The van der Waals surface area contributed by atoms with Gasteiger partial charge >= 0.3 is 0 Å². The summed E-state index contributed by atoms with van der Waals surface area (Å²) in [7, 11) is 0. The minimum Gasteiger partial charge on any atom is -0.297 e. The fourth-order valence-electron chi connectivity index (χ4n) is 3.27. The molecule has 148 valence electrons. The van der Waals surface area contributed by atoms with E-state index in [1.54, 1.807) is 15.9 Å². The van der Waals surface area contributed by atoms with Crippen LogP contribution in [-0.4, -0.2) is 33.3 Å². The average molecular weight is 398 g/mol. The zero-order chi connectivity index (χ0) is 20.4. The summed E-state index contributed by atoms with van der Waals surface area (Å²) in [5.74, 6) is 0.580. The van der Waals surface area contributed by atoms with E-state index in [1.807, 2.05) is 45.0 Å². The number of nitrogens with zero attached hydrogens (tertiary/aromatic N) is 3. The van der Waals surface area contributed by atoms with Crippen LogP contribution in [0.2, 0.25) is 0 Å². The number of Topliss-reactive ketones (excluding diaryl/α,β-unsaturated/α-hetero) is 1. The summed E-state index contributed by atoms with van der Waals surface area (Å²) >= 11 is 1.55. The SMILES string of the molecule is CCN(CC)Cc1nc2sc(C)c(C)c2c(=O)n1CC(=O)c1ccc(C)cc1. The predicted octanol–water partition coefficient (Wildman–Crippen LogP) is 4.11. The van der Waals surface area contributed by atoms with Crippen LogP contribution in [0.4, 0.5) is 0 Å². The van der Waals surface area contributed by atoms with Gasteiger partial charge in [0.05, 0.1) is 18.5 Å². The first-order valence-corrected chi connectivity index (χ1v) is 10.5. The summed E-state index contributed by atoms with van der Waals surface area (Å²) in [6.07, 6.45) is 0. The molecule has 28 heavy (non-hydrogen) atoms. The summed E-state index contributed by atoms with van der Waals surface area (Å²) in [5, 5.41) is 0.641. The maximum Gasteiger partial charge on any atom is 0.263 e. The second kappa shape index (κ2) is 8.37. The molecule has 3 aromatic rings. The third-order valence-corrected chi connectivity index (χ3v) is 6.40. The molecule has 2 aromatic heterocycles. The first-order valence-electron chi connectivity index (χ1n) is 9.67. The number of ketones is 1. The van der Waals surface area contributed by atoms with Gasteiger partial charge in [0.1, 0.15) is 10.7 Å². The Kier molecular flexibility index (Phi) is 6.10. The van der Waals surface area contributed by atoms with Gasteiger partial charge in [0, 0.05) is 10.4 Å². The minimum absolute atomic E-state index is 0.00969. The van der Waals surface area contributed by atoms with Crippen LogP contribution >= 0.6 is 11.3 Å². The topological polar surface area (TPSA) is 55.2 Å². The van der Waals surface area contributed by atoms with Gasteiger partial charge in [-0.05, 0) is 39.4 Å². The highest BCUT2D eigenvalue weighted by molar-refractivity contribution is 7.18. The van der Waals surface area contributed by atoms with Crippen molar-refractivity contribution < 1.29 is 4.79 Å². The number of benzene rings is 1. The van der Waals surface area contributed by atoms with E-state index in [-0.39, 0.29) is 17.9 Å². The Hall–Kier alpha value is -2.31. The lowest BCUT2D eigenvalue weighted by atomic mass is 10.1. The standard InChI is InChI=1S/C22H27N3O2S/c1-6-24(7-2)13-19-23-21-20(15(4)16(5)28-21)22(27)25(19)12-18(26)17-10-8-14(3)9-11-17/h8-11H,6-7,12-13H2,1-5H3. The molecule has 0 aliphatic heterocycles. The van der Waals surface area contributed by atoms with E-state index in [9.17, 15) is 9.59 Å². The van der Waals surface area contributed by atoms with Crippen molar-refractivity contribution in [2.24, 2.45) is 0 Å². The Morgan fingerprint density at radius 1 is 1.11 bits per heavy atom. The molecule has 0 N–H and O–H groups in total. The Morgan fingerprint density at radius 3 is 2.36 bits per heavy atom. The number of rotatable bonds is 7. The molecule has 1 aromatic carbocycles. The van der Waals surface area contributed by atoms with Crippen LogP contribution in [0.5, 0.6) is 0 Å². The van der Waals surface area contributed by atoms with Gasteiger partial charge in [-0.1, -0.05) is 43.7 Å². The van der Waals surface area contributed by atoms with Crippen LogP contribution in [-0.2, 0) is 13.1 Å². The van der Waals surface area contributed by atoms with Gasteiger partial charge in [-0.25, -0.2) is 4.98 Å². The summed E-state index contributed by atoms with van der Waals surface area (Å²) in [6.45, 7) is 12.4. The highest BCUT2D eigenvalue weighted by Crippen LogP contribution is 2.26. The number of carbonyl (C=O) groups excluding carboxylic acids is 1. The molecule has 0 fully saturated rings. The summed E-state index contributed by atoms with van der Waals surface area (Å²) in [6, 6.07) is 7.47. The van der Waals surface area contributed by atoms with Gasteiger partial charge in [-0.15, -0.1) is 11.3 Å². The van der Waals surface area contributed by atoms with E-state index >= 15 is 0 Å². The molecule has 0 saturated heterocycles. The Labute approximate surface area is 169 Å². The number of aromatic nitrogens is 2. The Morgan fingerprint density at radius 2 is 1.75 bits per heavy atom. The molecule has 0 aliphatic carbocycles. The number of hydrogen-bond donors (Lipinski definition) is 0. The van der Waals surface area contributed by atoms with E-state index in [0.717, 1.165) is 33.9 Å². The number of carbonyl (C=O) groups is 1. The second-order valence-electron chi connectivity index (χ2n) is 7.13. The largest absolute Gasteiger partial charge is 0.297 e. The number of hydrogen-bond acceptors (Lipinski definition) is 5. The van der Waals surface area contributed by atoms with Gasteiger partial charge in [0.2, 0.25) is 0 Å². The molecular weight excluding hydrogens is 370 g/mol. The lowest BCUT2D eigenvalue weighted by Crippen LogP contribution is -2.33. The Bertz CT molecular complexity index is 1060. The van der Waals surface area contributed by atoms with E-state index in [4.69, 9.17) is 4.98 Å². The van der Waals surface area contributed by atoms with Gasteiger partial charge in [0.25, 0.3) is 5.56 Å². The van der Waals surface area contributed by atoms with E-state index in [1.165, 1.54) is 0 Å². The van der Waals surface area contributed by atoms with Crippen molar-refractivity contribution in [1.82, 2.24) is 14.5 Å². The van der Waals surface area contributed by atoms with Crippen molar-refractivity contribution in [3.05, 3.63) is 62.0 Å². The summed E-state index contributed by atoms with van der Waals surface area (Å²) in [4.78, 5) is 35.1. The first kappa shape index (κ1) is 20.4. The molecule has 6 heteroatoms. The highest BCUT2D eigenvalue weighted by atomic mass is 32.1. The van der Waals surface area contributed by atoms with Crippen LogP contribution < -0.4 is 5.56 Å². The molecule has 0 spiro atoms. The van der Waals surface area contributed by atoms with E-state index < -0.39 is 0 Å². The fourth-order valence-corrected chi connectivity index (χ4v) is 4.31. The van der Waals surface area contributed by atoms with Crippen molar-refractivity contribution >= 4 is 27.3 Å². The van der Waals surface area contributed by atoms with Gasteiger partial charge in [-0.3, -0.25) is 19.1 Å². The average Bonchev–Trinajstić information content (AvgIpc) is 2.96. The van der Waals surface area contributed by atoms with Crippen LogP contribution in [0.3, 0.4) is 0 Å². The van der Waals surface area contributed by atoms with Crippen LogP contribution in [0.1, 0.15) is 46.0 Å². The van der Waals surface area contributed by atoms with Crippen molar-refractivity contribution in [3.8, 4) is 0 Å². The minimum atomic E-state index is -0.116. The number of fused-ring (bicyclic) bond motifs is 1. The van der Waals surface area contributed by atoms with Crippen molar-refractivity contribution in [2.45, 2.75) is 47.7 Å². The lowest BCUT2D eigenvalue weighted by Gasteiger charge is -2.20. The second-order valence-corrected chi connectivity index (χ2v) is 8.34. The highest BCUT2D eigenvalue weighted by Gasteiger charge is 2.19. The third kappa shape index (κ3) is 3.93. The monoisotopic (exact) mass is 397 g/mol. The van der Waals surface area contributed by atoms with E-state index in [2.05, 4.69) is 18.7 Å². The molecule has 0 bridgehead atoms. The fraction of sp³-hybridized carbons (Fsp3) is 0.409. The zero-order valence-corrected chi connectivity index (χ0v) is 18.0. The number of aryl methyl sites for hydroxylation is 3. The molecule has 0 saturated carbocycles. The number of thiophene rings is 1. The quantitative estimate of drug-likeness (QED) is 0.563. The van der Waals surface area contributed by atoms with Crippen LogP contribution in [0.25, 0.3) is 10.2 Å². The van der Waals surface area contributed by atoms with Crippen LogP contribution in [0, 0.1) is 20.8 Å². The predicted molar refractivity (Wildman–Crippen MR) is 115 cm³/mol. The molecule has 0 atom stereocenters. The summed E-state index contributed by atoms with van der Waals surface area (Å²) < 4.78 is 1.57. The molecule has 2 heterocycles. The lowest BCUT2D eigenvalue weighted by molar-refractivity contribution is 0.0968. The third-order valence-electron chi connectivity index (χ3n) is 5.30. The van der Waals surface area contributed by atoms with Crippen molar-refractivity contribution in [1.29, 1.82) is 0 Å². The molecule has 0 aliphatic rings. The maximum atomic E-state index is 13.3. The van der Waals surface area contributed by atoms with Crippen molar-refractivity contribution in [3.63, 3.8) is 0 Å². The normalized spacial score (nSPS) is 11.5. The van der Waals surface area contributed by atoms with Gasteiger partial charge in [-0.2, -0.15) is 0 Å². The van der Waals surface area contributed by atoms with Gasteiger partial charge in [0.15, 0.2) is 5.78 Å². The zero-order valence-electron chi connectivity index (χ0n) is 17.2. The maximum absolute atomic E-state index is 13.3. The van der Waals surface area contributed by atoms with Crippen molar-refractivity contribution in [2.75, 3.05) is 13.1 Å². The molecule has 0 amide bonds. The first-order chi connectivity index (χ1) is 13.3.